The molecule has 147 valence electrons. The molecule has 1 heterocycles. The number of hydrogen-bond donors (Lipinski definition) is 1. The smallest absolute Gasteiger partial charge is 0.249 e. The summed E-state index contributed by atoms with van der Waals surface area (Å²) in [5, 5.41) is 1.64. The number of unbranched alkanes of at least 4 members (excludes halogenated alkanes) is 2. The minimum Gasteiger partial charge on any atom is -0.366 e. The summed E-state index contributed by atoms with van der Waals surface area (Å²) in [7, 11) is 0. The molecule has 0 saturated carbocycles. The molecule has 4 aromatic rings. The van der Waals surface area contributed by atoms with Gasteiger partial charge in [0.05, 0.1) is 17.6 Å². The van der Waals surface area contributed by atoms with Gasteiger partial charge in [0.1, 0.15) is 5.82 Å². The molecule has 0 aliphatic rings. The van der Waals surface area contributed by atoms with Gasteiger partial charge >= 0.3 is 0 Å². The standard InChI is InChI=1S/C25H24FN2O/c1-2-3-4-8-17-13-14-19-23(15-17)28(16-18-9-5-6-11-21(18)26)22-12-7-10-20(24(19)22)25(27)29/h5-7,9-13,15H,2-4,8,16H2,1H3,(H2,27,29). The van der Waals surface area contributed by atoms with Crippen LogP contribution in [0.2, 0.25) is 0 Å². The fraction of sp³-hybridized carbons (Fsp3) is 0.240. The molecule has 0 atom stereocenters. The van der Waals surface area contributed by atoms with E-state index in [2.05, 4.69) is 23.6 Å². The van der Waals surface area contributed by atoms with Gasteiger partial charge in [-0.1, -0.05) is 50.1 Å². The van der Waals surface area contributed by atoms with Crippen LogP contribution in [-0.2, 0) is 13.0 Å². The Morgan fingerprint density at radius 3 is 2.69 bits per heavy atom. The Morgan fingerprint density at radius 1 is 1.10 bits per heavy atom. The van der Waals surface area contributed by atoms with Gasteiger partial charge in [0.15, 0.2) is 0 Å². The Morgan fingerprint density at radius 2 is 1.93 bits per heavy atom. The number of hydrogen-bond acceptors (Lipinski definition) is 1. The van der Waals surface area contributed by atoms with E-state index < -0.39 is 5.91 Å². The average Bonchev–Trinajstić information content (AvgIpc) is 3.03. The maximum absolute atomic E-state index is 14.4. The van der Waals surface area contributed by atoms with E-state index in [9.17, 15) is 9.18 Å². The van der Waals surface area contributed by atoms with Crippen LogP contribution < -0.4 is 5.73 Å². The largest absolute Gasteiger partial charge is 0.366 e. The predicted octanol–water partition coefficient (Wildman–Crippen LogP) is 5.61. The summed E-state index contributed by atoms with van der Waals surface area (Å²) in [6, 6.07) is 19.8. The van der Waals surface area contributed by atoms with Crippen molar-refractivity contribution in [3.8, 4) is 0 Å². The first-order valence-electron chi connectivity index (χ1n) is 10.1. The molecule has 0 fully saturated rings. The normalized spacial score (nSPS) is 11.4. The van der Waals surface area contributed by atoms with Crippen molar-refractivity contribution in [2.24, 2.45) is 5.73 Å². The zero-order valence-corrected chi connectivity index (χ0v) is 16.5. The second-order valence-electron chi connectivity index (χ2n) is 7.47. The van der Waals surface area contributed by atoms with E-state index in [0.717, 1.165) is 34.6 Å². The van der Waals surface area contributed by atoms with Gasteiger partial charge in [-0.3, -0.25) is 4.79 Å². The molecule has 4 rings (SSSR count). The molecule has 0 aliphatic carbocycles. The number of nitrogens with zero attached hydrogens (tertiary/aromatic N) is 1. The van der Waals surface area contributed by atoms with E-state index in [1.807, 2.05) is 24.3 Å². The number of primary amides is 1. The Hall–Kier alpha value is -3.14. The Kier molecular flexibility index (Phi) is 5.34. The first kappa shape index (κ1) is 19.2. The lowest BCUT2D eigenvalue weighted by molar-refractivity contribution is 0.100. The van der Waals surface area contributed by atoms with Crippen LogP contribution in [0.15, 0.2) is 54.6 Å². The maximum atomic E-state index is 14.4. The Labute approximate surface area is 169 Å². The second-order valence-corrected chi connectivity index (χ2v) is 7.47. The van der Waals surface area contributed by atoms with Crippen molar-refractivity contribution in [2.45, 2.75) is 39.2 Å². The van der Waals surface area contributed by atoms with Gasteiger partial charge in [0.2, 0.25) is 5.91 Å². The predicted molar refractivity (Wildman–Crippen MR) is 116 cm³/mol. The van der Waals surface area contributed by atoms with Crippen LogP contribution in [0.3, 0.4) is 0 Å². The quantitative estimate of drug-likeness (QED) is 0.412. The highest BCUT2D eigenvalue weighted by Gasteiger charge is 2.17. The molecule has 0 unspecified atom stereocenters. The molecule has 29 heavy (non-hydrogen) atoms. The first-order valence-corrected chi connectivity index (χ1v) is 10.1. The van der Waals surface area contributed by atoms with Gasteiger partial charge in [0, 0.05) is 21.9 Å². The van der Waals surface area contributed by atoms with Crippen LogP contribution in [0.5, 0.6) is 0 Å². The number of amides is 1. The minimum atomic E-state index is -0.471. The molecule has 0 saturated heterocycles. The van der Waals surface area contributed by atoms with Gasteiger partial charge < -0.3 is 10.3 Å². The van der Waals surface area contributed by atoms with Crippen LogP contribution >= 0.6 is 0 Å². The van der Waals surface area contributed by atoms with Crippen LogP contribution in [0, 0.1) is 11.9 Å². The third-order valence-corrected chi connectivity index (χ3v) is 5.47. The number of carbonyl (C=O) groups excluding carboxylic acids is 1. The van der Waals surface area contributed by atoms with Crippen LogP contribution in [0.4, 0.5) is 4.39 Å². The van der Waals surface area contributed by atoms with Crippen LogP contribution in [0.25, 0.3) is 21.8 Å². The van der Waals surface area contributed by atoms with Crippen LogP contribution in [0.1, 0.15) is 47.7 Å². The van der Waals surface area contributed by atoms with Gasteiger partial charge in [-0.15, -0.1) is 0 Å². The number of fused-ring (bicyclic) bond motifs is 3. The summed E-state index contributed by atoms with van der Waals surface area (Å²) in [6.45, 7) is 2.56. The highest BCUT2D eigenvalue weighted by molar-refractivity contribution is 6.17. The lowest BCUT2D eigenvalue weighted by Gasteiger charge is -2.10. The summed E-state index contributed by atoms with van der Waals surface area (Å²) in [6.07, 6.45) is 4.45. The van der Waals surface area contributed by atoms with E-state index in [-0.39, 0.29) is 5.82 Å². The number of halogens is 1. The lowest BCUT2D eigenvalue weighted by atomic mass is 10.0. The lowest BCUT2D eigenvalue weighted by Crippen LogP contribution is -2.11. The number of aryl methyl sites for hydroxylation is 1. The molecule has 0 spiro atoms. The van der Waals surface area contributed by atoms with Crippen molar-refractivity contribution < 1.29 is 9.18 Å². The minimum absolute atomic E-state index is 0.239. The highest BCUT2D eigenvalue weighted by Crippen LogP contribution is 2.33. The molecule has 3 nitrogen and oxygen atoms in total. The van der Waals surface area contributed by atoms with E-state index in [4.69, 9.17) is 5.73 Å². The van der Waals surface area contributed by atoms with Gasteiger partial charge in [-0.25, -0.2) is 4.39 Å². The van der Waals surface area contributed by atoms with Crippen molar-refractivity contribution in [1.82, 2.24) is 4.57 Å². The van der Waals surface area contributed by atoms with E-state index in [0.29, 0.717) is 17.7 Å². The van der Waals surface area contributed by atoms with Gasteiger partial charge in [-0.2, -0.15) is 0 Å². The maximum Gasteiger partial charge on any atom is 0.249 e. The van der Waals surface area contributed by atoms with Crippen molar-refractivity contribution >= 4 is 27.7 Å². The third-order valence-electron chi connectivity index (χ3n) is 5.47. The topological polar surface area (TPSA) is 48.0 Å². The first-order chi connectivity index (χ1) is 14.1. The zero-order chi connectivity index (χ0) is 20.4. The molecule has 1 radical (unpaired) electrons. The van der Waals surface area contributed by atoms with E-state index in [1.54, 1.807) is 18.2 Å². The average molecular weight is 387 g/mol. The molecule has 1 amide bonds. The molecule has 3 aromatic carbocycles. The number of rotatable bonds is 7. The number of benzene rings is 3. The molecule has 0 bridgehead atoms. The molecule has 2 N–H and O–H groups in total. The van der Waals surface area contributed by atoms with E-state index in [1.165, 1.54) is 24.5 Å². The summed E-state index contributed by atoms with van der Waals surface area (Å²) in [5.41, 5.74) is 9.73. The molecule has 1 aromatic heterocycles. The van der Waals surface area contributed by atoms with Crippen molar-refractivity contribution in [3.05, 3.63) is 83.2 Å². The van der Waals surface area contributed by atoms with Crippen molar-refractivity contribution in [2.75, 3.05) is 0 Å². The van der Waals surface area contributed by atoms with Crippen molar-refractivity contribution in [3.63, 3.8) is 0 Å². The zero-order valence-electron chi connectivity index (χ0n) is 16.5. The summed E-state index contributed by atoms with van der Waals surface area (Å²) >= 11 is 0. The van der Waals surface area contributed by atoms with E-state index >= 15 is 0 Å². The third kappa shape index (κ3) is 3.63. The SMILES string of the molecule is CCCCCc1c[c]c2c3c(C(N)=O)cccc3n(Cc3ccccc3F)c2c1. The van der Waals surface area contributed by atoms with Crippen LogP contribution in [-0.4, -0.2) is 10.5 Å². The van der Waals surface area contributed by atoms with Gasteiger partial charge in [0.25, 0.3) is 0 Å². The van der Waals surface area contributed by atoms with Gasteiger partial charge in [-0.05, 0) is 48.7 Å². The summed E-state index contributed by atoms with van der Waals surface area (Å²) < 4.78 is 16.4. The monoisotopic (exact) mass is 387 g/mol. The highest BCUT2D eigenvalue weighted by atomic mass is 19.1. The molecule has 4 heteroatoms. The number of aromatic nitrogens is 1. The molecular formula is C25H24FN2O. The number of carbonyl (C=O) groups is 1. The fourth-order valence-corrected chi connectivity index (χ4v) is 4.00. The molecular weight excluding hydrogens is 363 g/mol. The molecule has 0 aliphatic heterocycles. The Bertz CT molecular complexity index is 1190. The van der Waals surface area contributed by atoms with Crippen molar-refractivity contribution in [1.29, 1.82) is 0 Å². The summed E-state index contributed by atoms with van der Waals surface area (Å²) in [4.78, 5) is 12.1. The second kappa shape index (κ2) is 8.08. The fourth-order valence-electron chi connectivity index (χ4n) is 4.00. The summed E-state index contributed by atoms with van der Waals surface area (Å²) in [5.74, 6) is -0.711. The Balaban J connectivity index is 1.94. The number of nitrogens with two attached hydrogens (primary N) is 1.